The minimum atomic E-state index is 0.0210. The molecule has 0 radical (unpaired) electrons. The summed E-state index contributed by atoms with van der Waals surface area (Å²) in [4.78, 5) is 23.8. The molecule has 6 nitrogen and oxygen atoms in total. The number of nitrogens with zero attached hydrogens (tertiary/aromatic N) is 2. The number of hydrogen-bond donors (Lipinski definition) is 2. The number of amides is 2. The predicted molar refractivity (Wildman–Crippen MR) is 106 cm³/mol. The van der Waals surface area contributed by atoms with Gasteiger partial charge in [-0.2, -0.15) is 0 Å². The molecular weight excluding hydrogens is 376 g/mol. The first-order chi connectivity index (χ1) is 12.0. The van der Waals surface area contributed by atoms with Gasteiger partial charge in [-0.1, -0.05) is 62.6 Å². The maximum atomic E-state index is 11.9. The summed E-state index contributed by atoms with van der Waals surface area (Å²) in [6.07, 6.45) is 3.74. The van der Waals surface area contributed by atoms with Crippen LogP contribution in [-0.4, -0.2) is 45.6 Å². The Bertz CT molecular complexity index is 487. The van der Waals surface area contributed by atoms with Crippen molar-refractivity contribution in [3.05, 3.63) is 0 Å². The first kappa shape index (κ1) is 22.2. The van der Waals surface area contributed by atoms with Crippen molar-refractivity contribution in [2.75, 3.05) is 11.5 Å². The lowest BCUT2D eigenvalue weighted by Gasteiger charge is -2.13. The molecule has 1 heterocycles. The summed E-state index contributed by atoms with van der Waals surface area (Å²) in [7, 11) is 0. The lowest BCUT2D eigenvalue weighted by molar-refractivity contribution is -0.120. The zero-order valence-electron chi connectivity index (χ0n) is 15.3. The molecular formula is C16H28N4O2S3. The van der Waals surface area contributed by atoms with Crippen molar-refractivity contribution in [3.8, 4) is 0 Å². The molecule has 0 spiro atoms. The van der Waals surface area contributed by atoms with E-state index in [0.29, 0.717) is 11.5 Å². The number of carbonyl (C=O) groups excluding carboxylic acids is 2. The molecule has 0 bridgehead atoms. The molecule has 0 saturated carbocycles. The Morgan fingerprint density at radius 2 is 1.20 bits per heavy atom. The summed E-state index contributed by atoms with van der Waals surface area (Å²) < 4.78 is 1.50. The highest BCUT2D eigenvalue weighted by molar-refractivity contribution is 8.03. The second kappa shape index (κ2) is 12.5. The van der Waals surface area contributed by atoms with E-state index < -0.39 is 0 Å². The highest BCUT2D eigenvalue weighted by Crippen LogP contribution is 2.28. The standard InChI is InChI=1S/C16H28N4O2S3/c1-5-11(6-2)17-13(21)9-23-15-19-20-16(25-15)24-10-14(22)18-12(7-3)8-4/h11-12H,5-10H2,1-4H3,(H,17,21)(H,18,22). The lowest BCUT2D eigenvalue weighted by Crippen LogP contribution is -2.34. The Balaban J connectivity index is 2.34. The van der Waals surface area contributed by atoms with Crippen LogP contribution in [0.15, 0.2) is 8.68 Å². The van der Waals surface area contributed by atoms with Gasteiger partial charge in [-0.3, -0.25) is 9.59 Å². The molecule has 0 unspecified atom stereocenters. The van der Waals surface area contributed by atoms with Gasteiger partial charge in [0.2, 0.25) is 11.8 Å². The van der Waals surface area contributed by atoms with E-state index >= 15 is 0 Å². The lowest BCUT2D eigenvalue weighted by atomic mass is 10.2. The Hall–Kier alpha value is -0.800. The van der Waals surface area contributed by atoms with Crippen LogP contribution in [0.2, 0.25) is 0 Å². The predicted octanol–water partition coefficient (Wildman–Crippen LogP) is 3.33. The molecule has 142 valence electrons. The number of nitrogens with one attached hydrogen (secondary N) is 2. The minimum absolute atomic E-state index is 0.0210. The van der Waals surface area contributed by atoms with Crippen molar-refractivity contribution in [1.29, 1.82) is 0 Å². The molecule has 1 aromatic heterocycles. The normalized spacial score (nSPS) is 11.1. The van der Waals surface area contributed by atoms with Gasteiger partial charge in [0.1, 0.15) is 0 Å². The van der Waals surface area contributed by atoms with Crippen LogP contribution in [0, 0.1) is 0 Å². The summed E-state index contributed by atoms with van der Waals surface area (Å²) in [6.45, 7) is 8.26. The molecule has 0 atom stereocenters. The van der Waals surface area contributed by atoms with Gasteiger partial charge in [0, 0.05) is 12.1 Å². The Labute approximate surface area is 162 Å². The van der Waals surface area contributed by atoms with Crippen LogP contribution in [0.1, 0.15) is 53.4 Å². The molecule has 0 aliphatic heterocycles. The smallest absolute Gasteiger partial charge is 0.230 e. The van der Waals surface area contributed by atoms with Gasteiger partial charge in [0.25, 0.3) is 0 Å². The molecule has 9 heteroatoms. The first-order valence-corrected chi connectivity index (χ1v) is 11.5. The van der Waals surface area contributed by atoms with E-state index in [-0.39, 0.29) is 23.9 Å². The molecule has 0 aromatic carbocycles. The van der Waals surface area contributed by atoms with Gasteiger partial charge >= 0.3 is 0 Å². The summed E-state index contributed by atoms with van der Waals surface area (Å²) in [5.74, 6) is 0.718. The van der Waals surface area contributed by atoms with Gasteiger partial charge in [-0.15, -0.1) is 10.2 Å². The van der Waals surface area contributed by atoms with E-state index in [1.807, 2.05) is 0 Å². The van der Waals surface area contributed by atoms with Crippen molar-refractivity contribution in [2.24, 2.45) is 0 Å². The van der Waals surface area contributed by atoms with Crippen molar-refractivity contribution < 1.29 is 9.59 Å². The maximum absolute atomic E-state index is 11.9. The third-order valence-electron chi connectivity index (χ3n) is 3.74. The zero-order chi connectivity index (χ0) is 18.7. The van der Waals surface area contributed by atoms with Crippen LogP contribution >= 0.6 is 34.9 Å². The van der Waals surface area contributed by atoms with E-state index in [9.17, 15) is 9.59 Å². The zero-order valence-corrected chi connectivity index (χ0v) is 17.8. The van der Waals surface area contributed by atoms with Crippen molar-refractivity contribution >= 4 is 46.7 Å². The average molecular weight is 405 g/mol. The fourth-order valence-corrected chi connectivity index (χ4v) is 4.74. The number of thioether (sulfide) groups is 2. The summed E-state index contributed by atoms with van der Waals surface area (Å²) >= 11 is 4.19. The molecule has 1 aromatic rings. The third kappa shape index (κ3) is 8.91. The van der Waals surface area contributed by atoms with Crippen molar-refractivity contribution in [1.82, 2.24) is 20.8 Å². The van der Waals surface area contributed by atoms with Crippen LogP contribution in [0.5, 0.6) is 0 Å². The van der Waals surface area contributed by atoms with Gasteiger partial charge in [0.05, 0.1) is 11.5 Å². The molecule has 0 fully saturated rings. The molecule has 25 heavy (non-hydrogen) atoms. The molecule has 2 amide bonds. The minimum Gasteiger partial charge on any atom is -0.353 e. The summed E-state index contributed by atoms with van der Waals surface area (Å²) in [6, 6.07) is 0.476. The topological polar surface area (TPSA) is 84.0 Å². The largest absolute Gasteiger partial charge is 0.353 e. The highest BCUT2D eigenvalue weighted by Gasteiger charge is 2.13. The van der Waals surface area contributed by atoms with Crippen LogP contribution < -0.4 is 10.6 Å². The van der Waals surface area contributed by atoms with Gasteiger partial charge in [-0.25, -0.2) is 0 Å². The van der Waals surface area contributed by atoms with Gasteiger partial charge in [-0.05, 0) is 25.7 Å². The fourth-order valence-electron chi connectivity index (χ4n) is 2.09. The Kier molecular flexibility index (Phi) is 11.2. The van der Waals surface area contributed by atoms with Crippen molar-refractivity contribution in [2.45, 2.75) is 74.1 Å². The number of carbonyl (C=O) groups is 2. The fraction of sp³-hybridized carbons (Fsp3) is 0.750. The van der Waals surface area contributed by atoms with Gasteiger partial charge < -0.3 is 10.6 Å². The van der Waals surface area contributed by atoms with Crippen LogP contribution in [0.25, 0.3) is 0 Å². The van der Waals surface area contributed by atoms with E-state index in [2.05, 4.69) is 48.5 Å². The maximum Gasteiger partial charge on any atom is 0.230 e. The first-order valence-electron chi connectivity index (χ1n) is 8.70. The molecule has 2 N–H and O–H groups in total. The second-order valence-electron chi connectivity index (χ2n) is 5.57. The monoisotopic (exact) mass is 404 g/mol. The summed E-state index contributed by atoms with van der Waals surface area (Å²) in [5.41, 5.74) is 0. The summed E-state index contributed by atoms with van der Waals surface area (Å²) in [5, 5.41) is 14.2. The molecule has 0 aliphatic carbocycles. The number of aromatic nitrogens is 2. The quantitative estimate of drug-likeness (QED) is 0.520. The van der Waals surface area contributed by atoms with Crippen LogP contribution in [0.4, 0.5) is 0 Å². The Morgan fingerprint density at radius 3 is 1.52 bits per heavy atom. The highest BCUT2D eigenvalue weighted by atomic mass is 32.2. The van der Waals surface area contributed by atoms with E-state index in [0.717, 1.165) is 34.4 Å². The number of rotatable bonds is 12. The van der Waals surface area contributed by atoms with Crippen LogP contribution in [-0.2, 0) is 9.59 Å². The van der Waals surface area contributed by atoms with Crippen molar-refractivity contribution in [3.63, 3.8) is 0 Å². The van der Waals surface area contributed by atoms with E-state index in [1.54, 1.807) is 0 Å². The third-order valence-corrected chi connectivity index (χ3v) is 6.93. The second-order valence-corrected chi connectivity index (χ2v) is 9.00. The number of hydrogen-bond acceptors (Lipinski definition) is 7. The molecule has 1 rings (SSSR count). The SMILES string of the molecule is CCC(CC)NC(=O)CSc1nnc(SCC(=O)NC(CC)CC)s1. The van der Waals surface area contributed by atoms with E-state index in [4.69, 9.17) is 0 Å². The van der Waals surface area contributed by atoms with Crippen LogP contribution in [0.3, 0.4) is 0 Å². The molecule has 0 saturated heterocycles. The molecule has 0 aliphatic rings. The van der Waals surface area contributed by atoms with Gasteiger partial charge in [0.15, 0.2) is 8.68 Å². The average Bonchev–Trinajstić information content (AvgIpc) is 3.08. The Morgan fingerprint density at radius 1 is 0.840 bits per heavy atom. The van der Waals surface area contributed by atoms with E-state index in [1.165, 1.54) is 34.9 Å².